The van der Waals surface area contributed by atoms with Gasteiger partial charge in [-0.05, 0) is 24.6 Å². The topological polar surface area (TPSA) is 30.2 Å². The van der Waals surface area contributed by atoms with Crippen LogP contribution in [0.2, 0.25) is 0 Å². The summed E-state index contributed by atoms with van der Waals surface area (Å²) >= 11 is 0. The first-order valence-electron chi connectivity index (χ1n) is 4.82. The van der Waals surface area contributed by atoms with Crippen molar-refractivity contribution in [1.82, 2.24) is 0 Å². The first-order chi connectivity index (χ1) is 6.86. The minimum Gasteiger partial charge on any atom is -0.465 e. The smallest absolute Gasteiger partial charge is 0.163 e. The van der Waals surface area contributed by atoms with Crippen LogP contribution in [0.3, 0.4) is 0 Å². The third kappa shape index (κ3) is 0.939. The molecule has 1 heterocycles. The number of ketones is 1. The Bertz CT molecular complexity index is 423. The molecule has 2 nitrogen and oxygen atoms in total. The van der Waals surface area contributed by atoms with E-state index >= 15 is 0 Å². The van der Waals surface area contributed by atoms with Crippen molar-refractivity contribution >= 4 is 11.9 Å². The van der Waals surface area contributed by atoms with E-state index in [-0.39, 0.29) is 11.7 Å². The van der Waals surface area contributed by atoms with Crippen LogP contribution in [0.5, 0.6) is 0 Å². The molecule has 2 heteroatoms. The van der Waals surface area contributed by atoms with Gasteiger partial charge in [-0.1, -0.05) is 12.2 Å². The predicted molar refractivity (Wildman–Crippen MR) is 52.4 cm³/mol. The molecule has 0 aliphatic heterocycles. The molecule has 1 saturated carbocycles. The van der Waals surface area contributed by atoms with E-state index in [9.17, 15) is 4.79 Å². The van der Waals surface area contributed by atoms with Crippen molar-refractivity contribution in [2.45, 2.75) is 6.42 Å². The lowest BCUT2D eigenvalue weighted by Gasteiger charge is -2.31. The Morgan fingerprint density at radius 2 is 2.43 bits per heavy atom. The van der Waals surface area contributed by atoms with Crippen molar-refractivity contribution in [1.29, 1.82) is 0 Å². The maximum atomic E-state index is 11.6. The van der Waals surface area contributed by atoms with Gasteiger partial charge in [0.05, 0.1) is 6.26 Å². The highest BCUT2D eigenvalue weighted by Crippen LogP contribution is 2.44. The molecule has 2 atom stereocenters. The molecule has 0 radical (unpaired) electrons. The fourth-order valence-corrected chi connectivity index (χ4v) is 2.22. The third-order valence-electron chi connectivity index (χ3n) is 2.99. The number of carbonyl (C=O) groups is 1. The van der Waals surface area contributed by atoms with E-state index in [0.29, 0.717) is 5.92 Å². The molecule has 0 spiro atoms. The highest BCUT2D eigenvalue weighted by molar-refractivity contribution is 6.09. The van der Waals surface area contributed by atoms with Crippen LogP contribution >= 0.6 is 0 Å². The molecule has 0 N–H and O–H groups in total. The summed E-state index contributed by atoms with van der Waals surface area (Å²) in [4.78, 5) is 11.6. The van der Waals surface area contributed by atoms with Crippen LogP contribution in [-0.2, 0) is 4.79 Å². The molecule has 0 bridgehead atoms. The van der Waals surface area contributed by atoms with Crippen molar-refractivity contribution in [3.8, 4) is 0 Å². The van der Waals surface area contributed by atoms with E-state index in [1.165, 1.54) is 0 Å². The zero-order chi connectivity index (χ0) is 9.54. The second kappa shape index (κ2) is 2.71. The van der Waals surface area contributed by atoms with Crippen molar-refractivity contribution in [2.75, 3.05) is 0 Å². The fraction of sp³-hybridized carbons (Fsp3) is 0.250. The Hall–Kier alpha value is -1.57. The second-order valence-electron chi connectivity index (χ2n) is 3.78. The van der Waals surface area contributed by atoms with Crippen LogP contribution in [0.1, 0.15) is 12.2 Å². The van der Waals surface area contributed by atoms with Gasteiger partial charge in [0.1, 0.15) is 5.76 Å². The van der Waals surface area contributed by atoms with Gasteiger partial charge >= 0.3 is 0 Å². The Morgan fingerprint density at radius 1 is 1.50 bits per heavy atom. The third-order valence-corrected chi connectivity index (χ3v) is 2.99. The predicted octanol–water partition coefficient (Wildman–Crippen LogP) is 2.44. The first-order valence-corrected chi connectivity index (χ1v) is 4.82. The summed E-state index contributed by atoms with van der Waals surface area (Å²) in [5.41, 5.74) is 0.902. The van der Waals surface area contributed by atoms with Crippen molar-refractivity contribution in [2.24, 2.45) is 11.8 Å². The molecular formula is C12H10O2. The molecule has 1 fully saturated rings. The summed E-state index contributed by atoms with van der Waals surface area (Å²) in [6.07, 6.45) is 8.62. The van der Waals surface area contributed by atoms with Crippen LogP contribution in [-0.4, -0.2) is 5.78 Å². The maximum absolute atomic E-state index is 11.6. The molecule has 0 amide bonds. The number of rotatable bonds is 1. The standard InChI is InChI=1S/C12H10O2/c13-12-10-5-1-4-9(10)11(12)7-8-3-2-6-14-8/h1-4,6-7,9-10H,5H2/b11-7-/t9-,10+/m1/s1. The summed E-state index contributed by atoms with van der Waals surface area (Å²) in [6, 6.07) is 3.70. The summed E-state index contributed by atoms with van der Waals surface area (Å²) < 4.78 is 5.18. The monoisotopic (exact) mass is 186 g/mol. The van der Waals surface area contributed by atoms with E-state index in [0.717, 1.165) is 17.8 Å². The van der Waals surface area contributed by atoms with Crippen molar-refractivity contribution < 1.29 is 9.21 Å². The Morgan fingerprint density at radius 3 is 3.21 bits per heavy atom. The number of Topliss-reactive ketones (excluding diaryl/α,β-unsaturated/α-hetero) is 1. The van der Waals surface area contributed by atoms with E-state index in [1.54, 1.807) is 6.26 Å². The zero-order valence-electron chi connectivity index (χ0n) is 7.64. The Balaban J connectivity index is 1.93. The van der Waals surface area contributed by atoms with E-state index in [4.69, 9.17) is 4.42 Å². The van der Waals surface area contributed by atoms with Gasteiger partial charge in [-0.15, -0.1) is 0 Å². The number of furan rings is 1. The van der Waals surface area contributed by atoms with Gasteiger partial charge in [-0.25, -0.2) is 0 Å². The molecule has 1 aromatic heterocycles. The summed E-state index contributed by atoms with van der Waals surface area (Å²) in [6.45, 7) is 0. The largest absolute Gasteiger partial charge is 0.465 e. The van der Waals surface area contributed by atoms with E-state index < -0.39 is 0 Å². The normalized spacial score (nSPS) is 32.0. The van der Waals surface area contributed by atoms with Crippen molar-refractivity contribution in [3.05, 3.63) is 41.9 Å². The van der Waals surface area contributed by atoms with Crippen LogP contribution in [0.4, 0.5) is 0 Å². The van der Waals surface area contributed by atoms with Crippen LogP contribution in [0, 0.1) is 11.8 Å². The first kappa shape index (κ1) is 7.80. The van der Waals surface area contributed by atoms with Crippen molar-refractivity contribution in [3.63, 3.8) is 0 Å². The molecule has 2 aliphatic rings. The molecule has 0 saturated heterocycles. The van der Waals surface area contributed by atoms with Gasteiger partial charge < -0.3 is 4.42 Å². The summed E-state index contributed by atoms with van der Waals surface area (Å²) in [7, 11) is 0. The SMILES string of the molecule is O=C1/C(=C\c2ccco2)[C@@H]2C=CC[C@H]12. The van der Waals surface area contributed by atoms with Crippen LogP contribution in [0.25, 0.3) is 6.08 Å². The molecule has 0 aromatic carbocycles. The second-order valence-corrected chi connectivity index (χ2v) is 3.78. The number of hydrogen-bond donors (Lipinski definition) is 0. The molecule has 0 unspecified atom stereocenters. The number of allylic oxidation sites excluding steroid dienone is 3. The molecular weight excluding hydrogens is 176 g/mol. The molecule has 2 aliphatic carbocycles. The van der Waals surface area contributed by atoms with E-state index in [2.05, 4.69) is 12.2 Å². The Labute approximate surface area is 81.9 Å². The quantitative estimate of drug-likeness (QED) is 0.498. The average molecular weight is 186 g/mol. The highest BCUT2D eigenvalue weighted by Gasteiger charge is 2.44. The number of hydrogen-bond acceptors (Lipinski definition) is 2. The lowest BCUT2D eigenvalue weighted by atomic mass is 9.69. The lowest BCUT2D eigenvalue weighted by Crippen LogP contribution is -2.36. The number of fused-ring (bicyclic) bond motifs is 1. The van der Waals surface area contributed by atoms with Gasteiger partial charge in [-0.2, -0.15) is 0 Å². The lowest BCUT2D eigenvalue weighted by molar-refractivity contribution is -0.124. The molecule has 14 heavy (non-hydrogen) atoms. The summed E-state index contributed by atoms with van der Waals surface area (Å²) in [5, 5.41) is 0. The number of carbonyl (C=O) groups excluding carboxylic acids is 1. The van der Waals surface area contributed by atoms with Crippen LogP contribution < -0.4 is 0 Å². The molecule has 1 aromatic rings. The van der Waals surface area contributed by atoms with Gasteiger partial charge in [0.25, 0.3) is 0 Å². The van der Waals surface area contributed by atoms with Gasteiger partial charge in [0.2, 0.25) is 0 Å². The van der Waals surface area contributed by atoms with Gasteiger partial charge in [0, 0.05) is 17.4 Å². The highest BCUT2D eigenvalue weighted by atomic mass is 16.3. The fourth-order valence-electron chi connectivity index (χ4n) is 2.22. The minimum atomic E-state index is 0.233. The molecule has 70 valence electrons. The minimum absolute atomic E-state index is 0.233. The maximum Gasteiger partial charge on any atom is 0.163 e. The van der Waals surface area contributed by atoms with Gasteiger partial charge in [0.15, 0.2) is 5.78 Å². The Kier molecular flexibility index (Phi) is 1.51. The van der Waals surface area contributed by atoms with E-state index in [1.807, 2.05) is 18.2 Å². The zero-order valence-corrected chi connectivity index (χ0v) is 7.64. The van der Waals surface area contributed by atoms with Gasteiger partial charge in [-0.3, -0.25) is 4.79 Å². The average Bonchev–Trinajstić information content (AvgIpc) is 2.83. The summed E-state index contributed by atoms with van der Waals surface area (Å²) in [5.74, 6) is 1.65. The van der Waals surface area contributed by atoms with Crippen LogP contribution in [0.15, 0.2) is 40.5 Å². The molecule has 3 rings (SSSR count).